The molecule has 0 radical (unpaired) electrons. The predicted molar refractivity (Wildman–Crippen MR) is 122 cm³/mol. The topological polar surface area (TPSA) is 85.8 Å². The van der Waals surface area contributed by atoms with Gasteiger partial charge in [0.1, 0.15) is 5.75 Å². The van der Waals surface area contributed by atoms with E-state index in [4.69, 9.17) is 14.5 Å². The second-order valence-electron chi connectivity index (χ2n) is 8.97. The molecular weight excluding hydrogens is 402 g/mol. The molecule has 1 atom stereocenters. The fourth-order valence-corrected chi connectivity index (χ4v) is 5.75. The standard InChI is InChI=1S/C25H31N5O2/c1-31-15-21-24(25-27-29-30-28-25)22(17-10-7-11-18(14-17)32-2)23-19(16-8-3-4-9-16)12-5-6-13-20(23)26-21/h7,10-11,14,16,19H,3-6,8-9,12-13,15H2,1-2H3,(H,27,28,29,30). The minimum Gasteiger partial charge on any atom is -0.497 e. The number of benzene rings is 1. The van der Waals surface area contributed by atoms with E-state index < -0.39 is 0 Å². The molecule has 1 saturated carbocycles. The van der Waals surface area contributed by atoms with Gasteiger partial charge >= 0.3 is 0 Å². The Morgan fingerprint density at radius 3 is 2.62 bits per heavy atom. The van der Waals surface area contributed by atoms with Crippen LogP contribution in [0.3, 0.4) is 0 Å². The molecule has 1 unspecified atom stereocenters. The van der Waals surface area contributed by atoms with E-state index in [-0.39, 0.29) is 0 Å². The molecule has 32 heavy (non-hydrogen) atoms. The molecule has 0 amide bonds. The summed E-state index contributed by atoms with van der Waals surface area (Å²) in [6, 6.07) is 8.32. The van der Waals surface area contributed by atoms with Gasteiger partial charge in [-0.15, -0.1) is 10.2 Å². The van der Waals surface area contributed by atoms with Crippen molar-refractivity contribution >= 4 is 0 Å². The molecule has 168 valence electrons. The second kappa shape index (κ2) is 9.36. The third-order valence-corrected chi connectivity index (χ3v) is 7.12. The highest BCUT2D eigenvalue weighted by molar-refractivity contribution is 5.86. The highest BCUT2D eigenvalue weighted by Crippen LogP contribution is 2.49. The maximum Gasteiger partial charge on any atom is 0.207 e. The number of aromatic amines is 1. The zero-order chi connectivity index (χ0) is 21.9. The first kappa shape index (κ1) is 21.1. The minimum absolute atomic E-state index is 0.405. The van der Waals surface area contributed by atoms with Gasteiger partial charge < -0.3 is 9.47 Å². The molecule has 1 aromatic carbocycles. The normalized spacial score (nSPS) is 19.0. The molecule has 2 aliphatic carbocycles. The van der Waals surface area contributed by atoms with Gasteiger partial charge in [0, 0.05) is 18.4 Å². The average Bonchev–Trinajstić information content (AvgIpc) is 3.51. The molecule has 0 spiro atoms. The van der Waals surface area contributed by atoms with Crippen molar-refractivity contribution in [3.8, 4) is 28.3 Å². The molecule has 7 heteroatoms. The predicted octanol–water partition coefficient (Wildman–Crippen LogP) is 5.08. The molecule has 1 fully saturated rings. The smallest absolute Gasteiger partial charge is 0.207 e. The molecule has 7 nitrogen and oxygen atoms in total. The fraction of sp³-hybridized carbons (Fsp3) is 0.520. The van der Waals surface area contributed by atoms with Crippen LogP contribution in [-0.2, 0) is 17.8 Å². The van der Waals surface area contributed by atoms with Crippen LogP contribution in [0.25, 0.3) is 22.5 Å². The number of fused-ring (bicyclic) bond motifs is 1. The SMILES string of the molecule is COCc1nc2c(c(-c3cccc(OC)c3)c1-c1nn[nH]n1)C(C1CCCC1)CCCC2. The number of hydrogen-bond donors (Lipinski definition) is 1. The number of nitrogens with one attached hydrogen (secondary N) is 1. The van der Waals surface area contributed by atoms with E-state index >= 15 is 0 Å². The number of rotatable bonds is 6. The monoisotopic (exact) mass is 433 g/mol. The molecule has 2 aliphatic rings. The van der Waals surface area contributed by atoms with Gasteiger partial charge in [0.25, 0.3) is 0 Å². The number of ether oxygens (including phenoxy) is 2. The highest BCUT2D eigenvalue weighted by Gasteiger charge is 2.34. The van der Waals surface area contributed by atoms with Crippen LogP contribution in [0.4, 0.5) is 0 Å². The Labute approximate surface area is 188 Å². The van der Waals surface area contributed by atoms with Crippen molar-refractivity contribution < 1.29 is 9.47 Å². The molecule has 5 rings (SSSR count). The first-order chi connectivity index (χ1) is 15.8. The van der Waals surface area contributed by atoms with Crippen LogP contribution < -0.4 is 4.74 Å². The van der Waals surface area contributed by atoms with Crippen molar-refractivity contribution in [1.29, 1.82) is 0 Å². The summed E-state index contributed by atoms with van der Waals surface area (Å²) in [5.41, 5.74) is 6.71. The Hall–Kier alpha value is -2.80. The summed E-state index contributed by atoms with van der Waals surface area (Å²) in [7, 11) is 3.42. The maximum atomic E-state index is 5.59. The summed E-state index contributed by atoms with van der Waals surface area (Å²) in [4.78, 5) is 5.19. The molecular formula is C25H31N5O2. The minimum atomic E-state index is 0.405. The van der Waals surface area contributed by atoms with Crippen LogP contribution >= 0.6 is 0 Å². The first-order valence-corrected chi connectivity index (χ1v) is 11.7. The molecule has 0 bridgehead atoms. The van der Waals surface area contributed by atoms with E-state index in [1.54, 1.807) is 14.2 Å². The molecule has 0 aliphatic heterocycles. The van der Waals surface area contributed by atoms with Gasteiger partial charge in [-0.2, -0.15) is 5.21 Å². The van der Waals surface area contributed by atoms with E-state index in [2.05, 4.69) is 38.8 Å². The Morgan fingerprint density at radius 2 is 1.88 bits per heavy atom. The second-order valence-corrected chi connectivity index (χ2v) is 8.97. The van der Waals surface area contributed by atoms with Gasteiger partial charge in [-0.05, 0) is 72.4 Å². The zero-order valence-corrected chi connectivity index (χ0v) is 18.9. The first-order valence-electron chi connectivity index (χ1n) is 11.7. The summed E-state index contributed by atoms with van der Waals surface area (Å²) >= 11 is 0. The molecule has 1 N–H and O–H groups in total. The van der Waals surface area contributed by atoms with E-state index in [0.717, 1.165) is 29.0 Å². The number of methoxy groups -OCH3 is 2. The number of aromatic nitrogens is 5. The average molecular weight is 434 g/mol. The van der Waals surface area contributed by atoms with Crippen molar-refractivity contribution in [3.63, 3.8) is 0 Å². The van der Waals surface area contributed by atoms with Crippen molar-refractivity contribution in [3.05, 3.63) is 41.2 Å². The molecule has 3 aromatic rings. The third-order valence-electron chi connectivity index (χ3n) is 7.12. The summed E-state index contributed by atoms with van der Waals surface area (Å²) < 4.78 is 11.2. The Balaban J connectivity index is 1.83. The molecule has 2 aromatic heterocycles. The van der Waals surface area contributed by atoms with Gasteiger partial charge in [0.05, 0.1) is 25.0 Å². The van der Waals surface area contributed by atoms with Crippen LogP contribution in [-0.4, -0.2) is 39.8 Å². The van der Waals surface area contributed by atoms with E-state index in [0.29, 0.717) is 24.3 Å². The van der Waals surface area contributed by atoms with Gasteiger partial charge in [-0.3, -0.25) is 4.98 Å². The Kier molecular flexibility index (Phi) is 6.17. The van der Waals surface area contributed by atoms with Crippen LogP contribution in [0.15, 0.2) is 24.3 Å². The summed E-state index contributed by atoms with van der Waals surface area (Å²) in [6.45, 7) is 0.405. The molecule has 2 heterocycles. The summed E-state index contributed by atoms with van der Waals surface area (Å²) in [5, 5.41) is 15.3. The van der Waals surface area contributed by atoms with E-state index in [9.17, 15) is 0 Å². The number of aryl methyl sites for hydroxylation is 1. The van der Waals surface area contributed by atoms with Gasteiger partial charge in [0.2, 0.25) is 5.82 Å². The van der Waals surface area contributed by atoms with Crippen LogP contribution in [0.5, 0.6) is 5.75 Å². The van der Waals surface area contributed by atoms with Crippen LogP contribution in [0, 0.1) is 5.92 Å². The van der Waals surface area contributed by atoms with E-state index in [1.165, 1.54) is 61.8 Å². The number of nitrogens with zero attached hydrogens (tertiary/aromatic N) is 4. The quantitative estimate of drug-likeness (QED) is 0.545. The zero-order valence-electron chi connectivity index (χ0n) is 18.9. The van der Waals surface area contributed by atoms with Gasteiger partial charge in [-0.1, -0.05) is 31.4 Å². The Morgan fingerprint density at radius 1 is 1.03 bits per heavy atom. The number of hydrogen-bond acceptors (Lipinski definition) is 6. The maximum absolute atomic E-state index is 5.59. The highest BCUT2D eigenvalue weighted by atomic mass is 16.5. The number of tetrazole rings is 1. The van der Waals surface area contributed by atoms with Crippen LogP contribution in [0.1, 0.15) is 67.8 Å². The largest absolute Gasteiger partial charge is 0.497 e. The lowest BCUT2D eigenvalue weighted by Crippen LogP contribution is -2.16. The number of H-pyrrole nitrogens is 1. The van der Waals surface area contributed by atoms with Gasteiger partial charge in [-0.25, -0.2) is 0 Å². The lowest BCUT2D eigenvalue weighted by Gasteiger charge is -2.28. The summed E-state index contributed by atoms with van der Waals surface area (Å²) in [6.07, 6.45) is 9.90. The fourth-order valence-electron chi connectivity index (χ4n) is 5.75. The molecule has 0 saturated heterocycles. The Bertz CT molecular complexity index is 1060. The lowest BCUT2D eigenvalue weighted by molar-refractivity contribution is 0.181. The number of pyridine rings is 1. The van der Waals surface area contributed by atoms with Crippen molar-refractivity contribution in [2.75, 3.05) is 14.2 Å². The third kappa shape index (κ3) is 3.90. The van der Waals surface area contributed by atoms with Crippen LogP contribution in [0.2, 0.25) is 0 Å². The van der Waals surface area contributed by atoms with E-state index in [1.807, 2.05) is 6.07 Å². The van der Waals surface area contributed by atoms with Crippen molar-refractivity contribution in [1.82, 2.24) is 25.6 Å². The summed E-state index contributed by atoms with van der Waals surface area (Å²) in [5.74, 6) is 2.63. The van der Waals surface area contributed by atoms with Crippen molar-refractivity contribution in [2.24, 2.45) is 5.92 Å². The lowest BCUT2D eigenvalue weighted by atomic mass is 9.77. The van der Waals surface area contributed by atoms with Gasteiger partial charge in [0.15, 0.2) is 0 Å². The van der Waals surface area contributed by atoms with Crippen molar-refractivity contribution in [2.45, 2.75) is 63.9 Å².